The van der Waals surface area contributed by atoms with E-state index < -0.39 is 0 Å². The highest BCUT2D eigenvalue weighted by Gasteiger charge is 2.07. The molecule has 15 heavy (non-hydrogen) atoms. The molecule has 1 saturated heterocycles. The first-order chi connectivity index (χ1) is 7.43. The minimum Gasteiger partial charge on any atom is -0.329 e. The number of nitrogens with zero attached hydrogens (tertiary/aromatic N) is 1. The van der Waals surface area contributed by atoms with Crippen molar-refractivity contribution in [1.82, 2.24) is 20.9 Å². The first-order valence-electron chi connectivity index (χ1n) is 5.98. The number of hydrogen-bond acceptors (Lipinski definition) is 5. The molecule has 0 saturated carbocycles. The Morgan fingerprint density at radius 2 is 1.67 bits per heavy atom. The van der Waals surface area contributed by atoms with Gasteiger partial charge in [0.2, 0.25) is 0 Å². The topological polar surface area (TPSA) is 65.3 Å². The van der Waals surface area contributed by atoms with E-state index >= 15 is 0 Å². The van der Waals surface area contributed by atoms with Crippen LogP contribution in [-0.4, -0.2) is 70.3 Å². The standard InChI is InChI=1S/C10H25N5/c11-1-2-12-3-4-13-5-8-15-9-6-14-7-10-15/h12-14H,1-11H2. The summed E-state index contributed by atoms with van der Waals surface area (Å²) in [6, 6.07) is 0. The number of nitrogens with two attached hydrogens (primary N) is 1. The first kappa shape index (κ1) is 12.9. The second-order valence-electron chi connectivity index (χ2n) is 3.88. The van der Waals surface area contributed by atoms with Gasteiger partial charge in [-0.3, -0.25) is 4.90 Å². The van der Waals surface area contributed by atoms with Crippen molar-refractivity contribution >= 4 is 0 Å². The lowest BCUT2D eigenvalue weighted by Gasteiger charge is -2.27. The lowest BCUT2D eigenvalue weighted by Crippen LogP contribution is -2.46. The van der Waals surface area contributed by atoms with Crippen LogP contribution in [0.2, 0.25) is 0 Å². The zero-order valence-electron chi connectivity index (χ0n) is 9.60. The van der Waals surface area contributed by atoms with Crippen LogP contribution >= 0.6 is 0 Å². The van der Waals surface area contributed by atoms with Crippen LogP contribution in [0.5, 0.6) is 0 Å². The van der Waals surface area contributed by atoms with Gasteiger partial charge in [-0.15, -0.1) is 0 Å². The third kappa shape index (κ3) is 6.81. The van der Waals surface area contributed by atoms with Crippen LogP contribution in [0.4, 0.5) is 0 Å². The molecule has 1 fully saturated rings. The van der Waals surface area contributed by atoms with Crippen LogP contribution in [-0.2, 0) is 0 Å². The van der Waals surface area contributed by atoms with Crippen LogP contribution in [0.1, 0.15) is 0 Å². The Balaban J connectivity index is 1.79. The smallest absolute Gasteiger partial charge is 0.0108 e. The monoisotopic (exact) mass is 215 g/mol. The van der Waals surface area contributed by atoms with Gasteiger partial charge in [0, 0.05) is 65.4 Å². The highest BCUT2D eigenvalue weighted by atomic mass is 15.2. The predicted molar refractivity (Wildman–Crippen MR) is 64.1 cm³/mol. The molecule has 1 heterocycles. The normalized spacial score (nSPS) is 18.2. The molecule has 0 unspecified atom stereocenters. The number of nitrogens with one attached hydrogen (secondary N) is 3. The van der Waals surface area contributed by atoms with Gasteiger partial charge < -0.3 is 21.7 Å². The molecule has 5 nitrogen and oxygen atoms in total. The van der Waals surface area contributed by atoms with Gasteiger partial charge in [0.1, 0.15) is 0 Å². The average Bonchev–Trinajstić information content (AvgIpc) is 2.29. The quantitative estimate of drug-likeness (QED) is 0.354. The minimum absolute atomic E-state index is 0.723. The van der Waals surface area contributed by atoms with Crippen LogP contribution in [0, 0.1) is 0 Å². The SMILES string of the molecule is NCCNCCNCCN1CCNCC1. The van der Waals surface area contributed by atoms with Crippen molar-refractivity contribution in [3.8, 4) is 0 Å². The van der Waals surface area contributed by atoms with Crippen molar-refractivity contribution < 1.29 is 0 Å². The Kier molecular flexibility index (Phi) is 7.77. The molecular weight excluding hydrogens is 190 g/mol. The fourth-order valence-corrected chi connectivity index (χ4v) is 1.70. The fourth-order valence-electron chi connectivity index (χ4n) is 1.70. The molecule has 0 radical (unpaired) electrons. The van der Waals surface area contributed by atoms with Crippen molar-refractivity contribution in [2.75, 3.05) is 65.4 Å². The lowest BCUT2D eigenvalue weighted by molar-refractivity contribution is 0.241. The molecule has 0 bridgehead atoms. The molecule has 0 atom stereocenters. The largest absolute Gasteiger partial charge is 0.329 e. The molecule has 0 aromatic rings. The molecule has 0 spiro atoms. The lowest BCUT2D eigenvalue weighted by atomic mass is 10.3. The van der Waals surface area contributed by atoms with Gasteiger partial charge in [-0.05, 0) is 0 Å². The van der Waals surface area contributed by atoms with E-state index in [4.69, 9.17) is 5.73 Å². The Labute approximate surface area is 92.8 Å². The summed E-state index contributed by atoms with van der Waals surface area (Å²) < 4.78 is 0. The molecule has 0 amide bonds. The first-order valence-corrected chi connectivity index (χ1v) is 5.98. The highest BCUT2D eigenvalue weighted by Crippen LogP contribution is 1.89. The Bertz CT molecular complexity index is 136. The Hall–Kier alpha value is -0.200. The molecule has 1 aliphatic heterocycles. The summed E-state index contributed by atoms with van der Waals surface area (Å²) in [6.07, 6.45) is 0. The maximum Gasteiger partial charge on any atom is 0.0108 e. The second-order valence-corrected chi connectivity index (χ2v) is 3.88. The molecular formula is C10H25N5. The maximum atomic E-state index is 5.37. The summed E-state index contributed by atoms with van der Waals surface area (Å²) in [5.74, 6) is 0. The summed E-state index contributed by atoms with van der Waals surface area (Å²) in [7, 11) is 0. The average molecular weight is 215 g/mol. The Morgan fingerprint density at radius 1 is 1.00 bits per heavy atom. The van der Waals surface area contributed by atoms with Crippen molar-refractivity contribution in [3.63, 3.8) is 0 Å². The summed E-state index contributed by atoms with van der Waals surface area (Å²) in [6.45, 7) is 10.6. The van der Waals surface area contributed by atoms with Gasteiger partial charge in [0.15, 0.2) is 0 Å². The molecule has 90 valence electrons. The molecule has 5 N–H and O–H groups in total. The predicted octanol–water partition coefficient (Wildman–Crippen LogP) is -1.97. The Morgan fingerprint density at radius 3 is 2.33 bits per heavy atom. The van der Waals surface area contributed by atoms with Gasteiger partial charge in [0.25, 0.3) is 0 Å². The summed E-state index contributed by atoms with van der Waals surface area (Å²) >= 11 is 0. The highest BCUT2D eigenvalue weighted by molar-refractivity contribution is 4.68. The minimum atomic E-state index is 0.723. The number of hydrogen-bond donors (Lipinski definition) is 4. The summed E-state index contributed by atoms with van der Waals surface area (Å²) in [5, 5.41) is 10.0. The second kappa shape index (κ2) is 9.06. The van der Waals surface area contributed by atoms with Gasteiger partial charge >= 0.3 is 0 Å². The van der Waals surface area contributed by atoms with Crippen molar-refractivity contribution in [2.45, 2.75) is 0 Å². The van der Waals surface area contributed by atoms with E-state index in [1.807, 2.05) is 0 Å². The van der Waals surface area contributed by atoms with E-state index in [-0.39, 0.29) is 0 Å². The molecule has 1 rings (SSSR count). The van der Waals surface area contributed by atoms with Crippen molar-refractivity contribution in [2.24, 2.45) is 5.73 Å². The number of piperazine rings is 1. The molecule has 5 heteroatoms. The van der Waals surface area contributed by atoms with Crippen LogP contribution < -0.4 is 21.7 Å². The van der Waals surface area contributed by atoms with Crippen LogP contribution in [0.3, 0.4) is 0 Å². The van der Waals surface area contributed by atoms with Gasteiger partial charge in [-0.1, -0.05) is 0 Å². The zero-order valence-corrected chi connectivity index (χ0v) is 9.60. The fraction of sp³-hybridized carbons (Fsp3) is 1.00. The zero-order chi connectivity index (χ0) is 10.8. The third-order valence-electron chi connectivity index (χ3n) is 2.61. The maximum absolute atomic E-state index is 5.37. The number of rotatable bonds is 8. The summed E-state index contributed by atoms with van der Waals surface area (Å²) in [5.41, 5.74) is 5.37. The van der Waals surface area contributed by atoms with Crippen LogP contribution in [0.25, 0.3) is 0 Å². The third-order valence-corrected chi connectivity index (χ3v) is 2.61. The van der Waals surface area contributed by atoms with Crippen LogP contribution in [0.15, 0.2) is 0 Å². The van der Waals surface area contributed by atoms with E-state index in [0.717, 1.165) is 45.8 Å². The van der Waals surface area contributed by atoms with E-state index in [9.17, 15) is 0 Å². The van der Waals surface area contributed by atoms with Gasteiger partial charge in [-0.2, -0.15) is 0 Å². The van der Waals surface area contributed by atoms with E-state index in [1.165, 1.54) is 19.6 Å². The van der Waals surface area contributed by atoms with Crippen molar-refractivity contribution in [1.29, 1.82) is 0 Å². The molecule has 0 aromatic carbocycles. The van der Waals surface area contributed by atoms with Gasteiger partial charge in [-0.25, -0.2) is 0 Å². The van der Waals surface area contributed by atoms with E-state index in [2.05, 4.69) is 20.9 Å². The van der Waals surface area contributed by atoms with E-state index in [1.54, 1.807) is 0 Å². The molecule has 0 aliphatic carbocycles. The van der Waals surface area contributed by atoms with Gasteiger partial charge in [0.05, 0.1) is 0 Å². The molecule has 0 aromatic heterocycles. The van der Waals surface area contributed by atoms with Crippen molar-refractivity contribution in [3.05, 3.63) is 0 Å². The summed E-state index contributed by atoms with van der Waals surface area (Å²) in [4.78, 5) is 2.50. The molecule has 1 aliphatic rings. The van der Waals surface area contributed by atoms with E-state index in [0.29, 0.717) is 0 Å².